The van der Waals surface area contributed by atoms with Gasteiger partial charge in [0.2, 0.25) is 0 Å². The highest BCUT2D eigenvalue weighted by atomic mass is 35.5. The molecule has 1 aromatic carbocycles. The number of halogens is 4. The van der Waals surface area contributed by atoms with Gasteiger partial charge in [0.15, 0.2) is 5.56 Å². The van der Waals surface area contributed by atoms with E-state index in [0.717, 1.165) is 0 Å². The van der Waals surface area contributed by atoms with Crippen LogP contribution in [0.1, 0.15) is 5.56 Å². The van der Waals surface area contributed by atoms with Crippen LogP contribution in [0.5, 0.6) is 0 Å². The van der Waals surface area contributed by atoms with Crippen molar-refractivity contribution in [2.75, 3.05) is 0 Å². The van der Waals surface area contributed by atoms with Crippen LogP contribution in [-0.2, 0) is 6.18 Å². The minimum absolute atomic E-state index is 0.396. The average molecular weight is 271 g/mol. The van der Waals surface area contributed by atoms with Gasteiger partial charge in [-0.25, -0.2) is 0 Å². The van der Waals surface area contributed by atoms with E-state index in [-0.39, 0.29) is 0 Å². The highest BCUT2D eigenvalue weighted by Crippen LogP contribution is 2.44. The predicted molar refractivity (Wildman–Crippen MR) is 49.8 cm³/mol. The molecule has 0 N–H and O–H groups in total. The van der Waals surface area contributed by atoms with Crippen molar-refractivity contribution in [2.24, 2.45) is 0 Å². The van der Waals surface area contributed by atoms with Gasteiger partial charge in [-0.1, -0.05) is 11.6 Å². The van der Waals surface area contributed by atoms with Crippen molar-refractivity contribution in [3.8, 4) is 0 Å². The topological polar surface area (TPSA) is 86.3 Å². The summed E-state index contributed by atoms with van der Waals surface area (Å²) < 4.78 is 37.5. The summed E-state index contributed by atoms with van der Waals surface area (Å²) in [5, 5.41) is 19.5. The van der Waals surface area contributed by atoms with E-state index >= 15 is 0 Å². The molecule has 0 aliphatic carbocycles. The standard InChI is InChI=1S/C7H2ClF3N2O4/c8-6-4(13(16)17)2-1-3(12(14)15)5(6)7(9,10)11/h1-2H. The summed E-state index contributed by atoms with van der Waals surface area (Å²) in [5.74, 6) is 0. The summed E-state index contributed by atoms with van der Waals surface area (Å²) in [6.45, 7) is 0. The van der Waals surface area contributed by atoms with Crippen molar-refractivity contribution < 1.29 is 23.0 Å². The molecule has 1 rings (SSSR count). The molecule has 1 aromatic rings. The Kier molecular flexibility index (Phi) is 3.23. The molecule has 0 saturated heterocycles. The molecular weight excluding hydrogens is 269 g/mol. The Balaban J connectivity index is 3.65. The summed E-state index contributed by atoms with van der Waals surface area (Å²) in [5.41, 5.74) is -4.18. The van der Waals surface area contributed by atoms with E-state index in [1.165, 1.54) is 0 Å². The molecule has 17 heavy (non-hydrogen) atoms. The summed E-state index contributed by atoms with van der Waals surface area (Å²) in [6.07, 6.45) is -5.15. The van der Waals surface area contributed by atoms with Crippen LogP contribution in [0.3, 0.4) is 0 Å². The Bertz CT molecular complexity index is 503. The Morgan fingerprint density at radius 1 is 1.06 bits per heavy atom. The Hall–Kier alpha value is -1.90. The van der Waals surface area contributed by atoms with E-state index in [9.17, 15) is 33.4 Å². The first-order chi connectivity index (χ1) is 7.66. The number of hydrogen-bond acceptors (Lipinski definition) is 4. The molecular formula is C7H2ClF3N2O4. The molecule has 0 unspecified atom stereocenters. The highest BCUT2D eigenvalue weighted by Gasteiger charge is 2.43. The molecule has 0 radical (unpaired) electrons. The zero-order valence-electron chi connectivity index (χ0n) is 7.69. The van der Waals surface area contributed by atoms with Gasteiger partial charge in [-0.2, -0.15) is 13.2 Å². The lowest BCUT2D eigenvalue weighted by atomic mass is 10.1. The summed E-state index contributed by atoms with van der Waals surface area (Å²) in [6, 6.07) is 0.947. The molecule has 0 aliphatic rings. The summed E-state index contributed by atoms with van der Waals surface area (Å²) in [4.78, 5) is 18.3. The summed E-state index contributed by atoms with van der Waals surface area (Å²) >= 11 is 5.17. The number of hydrogen-bond donors (Lipinski definition) is 0. The summed E-state index contributed by atoms with van der Waals surface area (Å²) in [7, 11) is 0. The Morgan fingerprint density at radius 2 is 1.47 bits per heavy atom. The molecule has 0 heterocycles. The van der Waals surface area contributed by atoms with Crippen molar-refractivity contribution in [1.29, 1.82) is 0 Å². The van der Waals surface area contributed by atoms with E-state index in [0.29, 0.717) is 12.1 Å². The second kappa shape index (κ2) is 4.17. The number of rotatable bonds is 2. The van der Waals surface area contributed by atoms with E-state index in [1.807, 2.05) is 0 Å². The minimum Gasteiger partial charge on any atom is -0.258 e. The van der Waals surface area contributed by atoms with Gasteiger partial charge < -0.3 is 0 Å². The van der Waals surface area contributed by atoms with Gasteiger partial charge in [0.05, 0.1) is 9.85 Å². The highest BCUT2D eigenvalue weighted by molar-refractivity contribution is 6.33. The molecule has 0 aliphatic heterocycles. The van der Waals surface area contributed by atoms with E-state index in [2.05, 4.69) is 0 Å². The lowest BCUT2D eigenvalue weighted by Crippen LogP contribution is -2.11. The fourth-order valence-corrected chi connectivity index (χ4v) is 1.45. The smallest absolute Gasteiger partial charge is 0.258 e. The van der Waals surface area contributed by atoms with Crippen molar-refractivity contribution in [3.05, 3.63) is 42.9 Å². The van der Waals surface area contributed by atoms with Crippen molar-refractivity contribution >= 4 is 23.0 Å². The van der Waals surface area contributed by atoms with Crippen LogP contribution >= 0.6 is 11.6 Å². The Morgan fingerprint density at radius 3 is 1.82 bits per heavy atom. The van der Waals surface area contributed by atoms with Crippen LogP contribution in [0.4, 0.5) is 24.5 Å². The van der Waals surface area contributed by atoms with Gasteiger partial charge in [0, 0.05) is 12.1 Å². The third-order valence-electron chi connectivity index (χ3n) is 1.78. The number of alkyl halides is 3. The van der Waals surface area contributed by atoms with E-state index in [4.69, 9.17) is 11.6 Å². The van der Waals surface area contributed by atoms with Crippen LogP contribution in [0.2, 0.25) is 5.02 Å². The third-order valence-corrected chi connectivity index (χ3v) is 2.16. The van der Waals surface area contributed by atoms with Gasteiger partial charge >= 0.3 is 6.18 Å². The zero-order chi connectivity index (χ0) is 13.4. The van der Waals surface area contributed by atoms with Crippen LogP contribution in [-0.4, -0.2) is 9.85 Å². The molecule has 10 heteroatoms. The number of nitro groups is 2. The van der Waals surface area contributed by atoms with Crippen molar-refractivity contribution in [3.63, 3.8) is 0 Å². The third kappa shape index (κ3) is 2.44. The quantitative estimate of drug-likeness (QED) is 0.610. The molecule has 92 valence electrons. The first-order valence-electron chi connectivity index (χ1n) is 3.84. The fourth-order valence-electron chi connectivity index (χ4n) is 1.12. The number of benzene rings is 1. The zero-order valence-corrected chi connectivity index (χ0v) is 8.45. The molecule has 0 amide bonds. The van der Waals surface area contributed by atoms with Gasteiger partial charge in [0.1, 0.15) is 5.02 Å². The monoisotopic (exact) mass is 270 g/mol. The molecule has 0 atom stereocenters. The lowest BCUT2D eigenvalue weighted by molar-refractivity contribution is -0.391. The Labute approximate surface area is 95.9 Å². The van der Waals surface area contributed by atoms with Crippen LogP contribution in [0.15, 0.2) is 12.1 Å². The number of nitro benzene ring substituents is 2. The second-order valence-electron chi connectivity index (χ2n) is 2.80. The maximum absolute atomic E-state index is 12.5. The normalized spacial score (nSPS) is 11.3. The van der Waals surface area contributed by atoms with Crippen LogP contribution in [0.25, 0.3) is 0 Å². The van der Waals surface area contributed by atoms with Gasteiger partial charge in [0.25, 0.3) is 11.4 Å². The SMILES string of the molecule is O=[N+]([O-])c1ccc([N+](=O)[O-])c(C(F)(F)F)c1Cl. The van der Waals surface area contributed by atoms with E-state index in [1.54, 1.807) is 0 Å². The molecule has 6 nitrogen and oxygen atoms in total. The molecule has 0 bridgehead atoms. The molecule has 0 fully saturated rings. The lowest BCUT2D eigenvalue weighted by Gasteiger charge is -2.09. The average Bonchev–Trinajstić information content (AvgIpc) is 2.14. The van der Waals surface area contributed by atoms with Crippen molar-refractivity contribution in [1.82, 2.24) is 0 Å². The predicted octanol–water partition coefficient (Wildman–Crippen LogP) is 3.18. The van der Waals surface area contributed by atoms with E-state index < -0.39 is 38.0 Å². The molecule has 0 saturated carbocycles. The molecule has 0 spiro atoms. The van der Waals surface area contributed by atoms with Gasteiger partial charge in [-0.15, -0.1) is 0 Å². The van der Waals surface area contributed by atoms with Gasteiger partial charge in [-0.05, 0) is 0 Å². The fraction of sp³-hybridized carbons (Fsp3) is 0.143. The second-order valence-corrected chi connectivity index (χ2v) is 3.18. The maximum atomic E-state index is 12.5. The first-order valence-corrected chi connectivity index (χ1v) is 4.22. The first kappa shape index (κ1) is 13.2. The van der Waals surface area contributed by atoms with Crippen molar-refractivity contribution in [2.45, 2.75) is 6.18 Å². The minimum atomic E-state index is -5.15. The maximum Gasteiger partial charge on any atom is 0.424 e. The number of nitrogens with zero attached hydrogens (tertiary/aromatic N) is 2. The molecule has 0 aromatic heterocycles. The van der Waals surface area contributed by atoms with Gasteiger partial charge in [-0.3, -0.25) is 20.2 Å². The van der Waals surface area contributed by atoms with Crippen LogP contribution in [0, 0.1) is 20.2 Å². The van der Waals surface area contributed by atoms with Crippen LogP contribution < -0.4 is 0 Å². The largest absolute Gasteiger partial charge is 0.424 e.